The molecule has 0 aromatic carbocycles. The van der Waals surface area contributed by atoms with E-state index < -0.39 is 26.5 Å². The first-order valence-corrected chi connectivity index (χ1v) is 37.2. The van der Waals surface area contributed by atoms with E-state index >= 15 is 0 Å². The summed E-state index contributed by atoms with van der Waals surface area (Å²) in [4.78, 5) is 35.3. The van der Waals surface area contributed by atoms with Gasteiger partial charge in [0, 0.05) is 19.4 Å². The van der Waals surface area contributed by atoms with Crippen molar-refractivity contribution < 1.29 is 37.6 Å². The molecule has 0 fully saturated rings. The zero-order valence-electron chi connectivity index (χ0n) is 55.3. The van der Waals surface area contributed by atoms with Gasteiger partial charge in [0.25, 0.3) is 0 Å². The third kappa shape index (κ3) is 69.9. The Hall–Kier alpha value is -3.07. The average Bonchev–Trinajstić information content (AvgIpc) is 3.52. The fraction of sp³-hybridized carbons (Fsp3) is 0.760. The number of esters is 2. The molecule has 0 aromatic rings. The van der Waals surface area contributed by atoms with Gasteiger partial charge in [-0.15, -0.1) is 0 Å². The maximum Gasteiger partial charge on any atom is 0.472 e. The number of phosphoric acid groups is 1. The molecule has 0 aromatic heterocycles. The molecule has 0 bridgehead atoms. The number of rotatable bonds is 67. The maximum atomic E-state index is 12.7. The van der Waals surface area contributed by atoms with Gasteiger partial charge in [0.1, 0.15) is 6.61 Å². The summed E-state index contributed by atoms with van der Waals surface area (Å²) in [6.07, 6.45) is 95.3. The first kappa shape index (κ1) is 81.9. The fourth-order valence-electron chi connectivity index (χ4n) is 10.2. The maximum absolute atomic E-state index is 12.7. The quantitative estimate of drug-likeness (QED) is 0.0264. The van der Waals surface area contributed by atoms with E-state index in [1.165, 1.54) is 212 Å². The summed E-state index contributed by atoms with van der Waals surface area (Å²) in [5.41, 5.74) is 5.39. The van der Waals surface area contributed by atoms with Crippen molar-refractivity contribution in [2.24, 2.45) is 5.73 Å². The van der Waals surface area contributed by atoms with Gasteiger partial charge >= 0.3 is 19.8 Å². The van der Waals surface area contributed by atoms with Crippen LogP contribution in [0.4, 0.5) is 0 Å². The number of allylic oxidation sites excluding steroid dienone is 16. The molecule has 0 aliphatic carbocycles. The first-order valence-electron chi connectivity index (χ1n) is 35.7. The van der Waals surface area contributed by atoms with Crippen LogP contribution in [0, 0.1) is 0 Å². The number of ether oxygens (including phenoxy) is 2. The second-order valence-corrected chi connectivity index (χ2v) is 25.2. The van der Waals surface area contributed by atoms with Gasteiger partial charge in [-0.1, -0.05) is 323 Å². The number of carbonyl (C=O) groups is 2. The van der Waals surface area contributed by atoms with E-state index in [1.807, 2.05) is 0 Å². The van der Waals surface area contributed by atoms with Crippen molar-refractivity contribution in [1.29, 1.82) is 0 Å². The summed E-state index contributed by atoms with van der Waals surface area (Å²) in [6, 6.07) is 0. The van der Waals surface area contributed by atoms with Crippen LogP contribution in [0.25, 0.3) is 0 Å². The number of unbranched alkanes of at least 4 members (excludes halogenated alkanes) is 38. The van der Waals surface area contributed by atoms with Crippen LogP contribution >= 0.6 is 7.82 Å². The molecular weight excluding hydrogens is 1070 g/mol. The molecule has 0 spiro atoms. The molecule has 0 heterocycles. The Morgan fingerprint density at radius 2 is 0.647 bits per heavy atom. The van der Waals surface area contributed by atoms with E-state index in [4.69, 9.17) is 24.3 Å². The van der Waals surface area contributed by atoms with Crippen molar-refractivity contribution in [3.63, 3.8) is 0 Å². The van der Waals surface area contributed by atoms with Crippen LogP contribution in [-0.4, -0.2) is 49.3 Å². The normalized spacial score (nSPS) is 13.5. The van der Waals surface area contributed by atoms with Gasteiger partial charge in [-0.25, -0.2) is 4.57 Å². The largest absolute Gasteiger partial charge is 0.472 e. The van der Waals surface area contributed by atoms with E-state index in [-0.39, 0.29) is 38.6 Å². The second kappa shape index (κ2) is 70.0. The molecule has 0 saturated carbocycles. The highest BCUT2D eigenvalue weighted by atomic mass is 31.2. The molecule has 0 saturated heterocycles. The molecule has 10 heteroatoms. The molecule has 85 heavy (non-hydrogen) atoms. The predicted molar refractivity (Wildman–Crippen MR) is 367 cm³/mol. The van der Waals surface area contributed by atoms with Gasteiger partial charge in [-0.2, -0.15) is 0 Å². The number of hydrogen-bond acceptors (Lipinski definition) is 8. The van der Waals surface area contributed by atoms with Crippen LogP contribution < -0.4 is 5.73 Å². The van der Waals surface area contributed by atoms with Gasteiger partial charge in [-0.3, -0.25) is 18.6 Å². The van der Waals surface area contributed by atoms with Gasteiger partial charge < -0.3 is 20.1 Å². The zero-order chi connectivity index (χ0) is 61.6. The zero-order valence-corrected chi connectivity index (χ0v) is 56.2. The summed E-state index contributed by atoms with van der Waals surface area (Å²) in [7, 11) is -4.40. The van der Waals surface area contributed by atoms with Crippen LogP contribution in [0.2, 0.25) is 0 Å². The summed E-state index contributed by atoms with van der Waals surface area (Å²) in [5, 5.41) is 0. The highest BCUT2D eigenvalue weighted by Gasteiger charge is 2.26. The molecule has 492 valence electrons. The van der Waals surface area contributed by atoms with E-state index in [1.54, 1.807) is 0 Å². The molecule has 2 atom stereocenters. The third-order valence-corrected chi connectivity index (χ3v) is 16.4. The minimum Gasteiger partial charge on any atom is -0.462 e. The highest BCUT2D eigenvalue weighted by molar-refractivity contribution is 7.47. The molecule has 0 radical (unpaired) electrons. The van der Waals surface area contributed by atoms with Crippen LogP contribution in [0.1, 0.15) is 335 Å². The highest BCUT2D eigenvalue weighted by Crippen LogP contribution is 2.43. The standard InChI is InChI=1S/C75H134NO8P/c1-3-5-7-9-11-13-15-17-19-21-23-25-27-28-29-30-31-32-33-34-35-36-37-38-39-40-41-42-43-44-46-47-49-51-53-55-57-59-61-63-65-67-74(77)81-71-73(72-83-85(79,80)82-70-69-76)84-75(78)68-66-64-62-60-58-56-54-52-50-48-45-26-24-22-20-18-16-14-12-10-8-6-4-2/h6,8,12,14-15,17-18,20-21,23-24,26,48,50,54,56,73H,3-5,7,9-11,13,16,19,22,25,27-47,49,51-53,55,57-72,76H2,1-2H3,(H,79,80)/b8-6-,14-12-,17-15-,20-18-,23-21-,26-24-,50-48-,56-54-. The van der Waals surface area contributed by atoms with Crippen LogP contribution in [0.15, 0.2) is 97.2 Å². The van der Waals surface area contributed by atoms with Gasteiger partial charge in [0.05, 0.1) is 13.2 Å². The minimum absolute atomic E-state index is 0.0457. The lowest BCUT2D eigenvalue weighted by molar-refractivity contribution is -0.161. The lowest BCUT2D eigenvalue weighted by Crippen LogP contribution is -2.29. The van der Waals surface area contributed by atoms with Crippen molar-refractivity contribution in [1.82, 2.24) is 0 Å². The molecule has 0 amide bonds. The number of nitrogens with two attached hydrogens (primary N) is 1. The van der Waals surface area contributed by atoms with Crippen LogP contribution in [0.5, 0.6) is 0 Å². The Bertz CT molecular complexity index is 1720. The Morgan fingerprint density at radius 1 is 0.365 bits per heavy atom. The van der Waals surface area contributed by atoms with Crippen LogP contribution in [0.3, 0.4) is 0 Å². The first-order chi connectivity index (χ1) is 41.8. The topological polar surface area (TPSA) is 134 Å². The van der Waals surface area contributed by atoms with Crippen LogP contribution in [-0.2, 0) is 32.7 Å². The summed E-state index contributed by atoms with van der Waals surface area (Å²) < 4.78 is 33.1. The lowest BCUT2D eigenvalue weighted by Gasteiger charge is -2.19. The van der Waals surface area contributed by atoms with Crippen molar-refractivity contribution in [3.05, 3.63) is 97.2 Å². The van der Waals surface area contributed by atoms with E-state index in [0.29, 0.717) is 6.42 Å². The second-order valence-electron chi connectivity index (χ2n) is 23.7. The summed E-state index contributed by atoms with van der Waals surface area (Å²) >= 11 is 0. The lowest BCUT2D eigenvalue weighted by atomic mass is 10.0. The fourth-order valence-corrected chi connectivity index (χ4v) is 11.0. The van der Waals surface area contributed by atoms with Crippen molar-refractivity contribution in [2.75, 3.05) is 26.4 Å². The SMILES string of the molecule is CC/C=C\C/C=C\C/C=C\C/C=C\C/C=C\C/C=C\CCCCCCC(=O)OC(COC(=O)CCCCCCCCCCCCCCCCCCCCCCCCCCCCCCC/C=C\C/C=C\CCCCCCC)COP(=O)(O)OCCN. The Balaban J connectivity index is 3.80. The monoisotopic (exact) mass is 1210 g/mol. The summed E-state index contributed by atoms with van der Waals surface area (Å²) in [6.45, 7) is 3.62. The van der Waals surface area contributed by atoms with E-state index in [2.05, 4.69) is 111 Å². The Morgan fingerprint density at radius 3 is 0.965 bits per heavy atom. The van der Waals surface area contributed by atoms with Gasteiger partial charge in [0.15, 0.2) is 6.10 Å². The molecule has 9 nitrogen and oxygen atoms in total. The van der Waals surface area contributed by atoms with E-state index in [0.717, 1.165) is 89.9 Å². The Labute approximate surface area is 525 Å². The predicted octanol–water partition coefficient (Wildman–Crippen LogP) is 23.5. The van der Waals surface area contributed by atoms with Crippen molar-refractivity contribution >= 4 is 19.8 Å². The Kier molecular flexibility index (Phi) is 67.5. The number of phosphoric ester groups is 1. The van der Waals surface area contributed by atoms with Gasteiger partial charge in [-0.05, 0) is 96.3 Å². The molecule has 0 rings (SSSR count). The van der Waals surface area contributed by atoms with Crippen molar-refractivity contribution in [3.8, 4) is 0 Å². The van der Waals surface area contributed by atoms with E-state index in [9.17, 15) is 19.0 Å². The molecule has 3 N–H and O–H groups in total. The molecule has 0 aliphatic heterocycles. The van der Waals surface area contributed by atoms with Gasteiger partial charge in [0.2, 0.25) is 0 Å². The number of hydrogen-bond donors (Lipinski definition) is 2. The smallest absolute Gasteiger partial charge is 0.462 e. The summed E-state index contributed by atoms with van der Waals surface area (Å²) in [5.74, 6) is -0.849. The molecule has 2 unspecified atom stereocenters. The third-order valence-electron chi connectivity index (χ3n) is 15.5. The molecular formula is C75H134NO8P. The van der Waals surface area contributed by atoms with Crippen molar-refractivity contribution in [2.45, 2.75) is 341 Å². The number of carbonyl (C=O) groups excluding carboxylic acids is 2. The molecule has 0 aliphatic rings. The minimum atomic E-state index is -4.40. The average molecular weight is 1210 g/mol.